The number of nitrogens with one attached hydrogen (secondary N) is 1. The first-order chi connectivity index (χ1) is 12.5. The first kappa shape index (κ1) is 19.7. The van der Waals surface area contributed by atoms with E-state index in [-0.39, 0.29) is 36.6 Å². The van der Waals surface area contributed by atoms with Crippen LogP contribution in [0.3, 0.4) is 0 Å². The van der Waals surface area contributed by atoms with Gasteiger partial charge in [-0.25, -0.2) is 4.68 Å². The second kappa shape index (κ2) is 9.15. The lowest BCUT2D eigenvalue weighted by molar-refractivity contribution is -0.123. The molecule has 0 aliphatic heterocycles. The predicted octanol–water partition coefficient (Wildman–Crippen LogP) is 1.44. The van der Waals surface area contributed by atoms with Crippen LogP contribution in [-0.4, -0.2) is 40.6 Å². The number of rotatable bonds is 8. The first-order valence-corrected chi connectivity index (χ1v) is 8.61. The molecule has 1 aromatic carbocycles. The van der Waals surface area contributed by atoms with Crippen molar-refractivity contribution >= 4 is 5.91 Å². The van der Waals surface area contributed by atoms with Crippen LogP contribution in [0.4, 0.5) is 0 Å². The maximum atomic E-state index is 12.2. The van der Waals surface area contributed by atoms with E-state index in [1.165, 1.54) is 6.07 Å². The van der Waals surface area contributed by atoms with Gasteiger partial charge in [-0.2, -0.15) is 5.10 Å². The van der Waals surface area contributed by atoms with Crippen molar-refractivity contribution in [3.05, 3.63) is 46.8 Å². The van der Waals surface area contributed by atoms with Crippen molar-refractivity contribution in [3.8, 4) is 17.0 Å². The number of carbonyl (C=O) groups is 1. The van der Waals surface area contributed by atoms with Crippen LogP contribution in [0.5, 0.6) is 5.75 Å². The van der Waals surface area contributed by atoms with Crippen molar-refractivity contribution in [1.82, 2.24) is 15.1 Å². The molecule has 2 rings (SSSR count). The molecule has 0 aliphatic rings. The van der Waals surface area contributed by atoms with Gasteiger partial charge in [0.2, 0.25) is 5.91 Å². The van der Waals surface area contributed by atoms with Crippen molar-refractivity contribution in [3.63, 3.8) is 0 Å². The zero-order valence-electron chi connectivity index (χ0n) is 15.3. The Kier molecular flexibility index (Phi) is 6.91. The van der Waals surface area contributed by atoms with E-state index in [2.05, 4.69) is 10.4 Å². The molecule has 2 atom stereocenters. The quantitative estimate of drug-likeness (QED) is 0.744. The zero-order valence-corrected chi connectivity index (χ0v) is 15.3. The number of carbonyl (C=O) groups excluding carboxylic acids is 1. The van der Waals surface area contributed by atoms with Gasteiger partial charge in [0.25, 0.3) is 5.56 Å². The number of nitrogens with zero attached hydrogens (tertiary/aromatic N) is 2. The highest BCUT2D eigenvalue weighted by Gasteiger charge is 2.18. The number of ether oxygens (including phenoxy) is 1. The van der Waals surface area contributed by atoms with Crippen LogP contribution in [0.2, 0.25) is 0 Å². The van der Waals surface area contributed by atoms with Crippen LogP contribution < -0.4 is 15.6 Å². The molecule has 2 aromatic rings. The summed E-state index contributed by atoms with van der Waals surface area (Å²) in [5.74, 6) is 0.506. The van der Waals surface area contributed by atoms with Crippen molar-refractivity contribution in [1.29, 1.82) is 0 Å². The normalized spacial score (nSPS) is 13.1. The molecule has 0 saturated carbocycles. The van der Waals surface area contributed by atoms with Crippen molar-refractivity contribution in [2.45, 2.75) is 32.9 Å². The van der Waals surface area contributed by atoms with Gasteiger partial charge in [-0.15, -0.1) is 0 Å². The number of amides is 1. The zero-order chi connectivity index (χ0) is 19.1. The molecule has 0 bridgehead atoms. The number of aliphatic hydroxyl groups excluding tert-OH is 1. The smallest absolute Gasteiger partial charge is 0.267 e. The minimum Gasteiger partial charge on any atom is -0.497 e. The van der Waals surface area contributed by atoms with Crippen LogP contribution in [0, 0.1) is 5.92 Å². The second-order valence-corrected chi connectivity index (χ2v) is 6.19. The highest BCUT2D eigenvalue weighted by atomic mass is 16.5. The predicted molar refractivity (Wildman–Crippen MR) is 99.0 cm³/mol. The Bertz CT molecular complexity index is 786. The van der Waals surface area contributed by atoms with Gasteiger partial charge in [0.05, 0.1) is 25.5 Å². The Morgan fingerprint density at radius 3 is 2.54 bits per heavy atom. The highest BCUT2D eigenvalue weighted by Crippen LogP contribution is 2.19. The maximum Gasteiger partial charge on any atom is 0.267 e. The number of hydrogen-bond donors (Lipinski definition) is 2. The third-order valence-electron chi connectivity index (χ3n) is 4.42. The van der Waals surface area contributed by atoms with E-state index in [1.807, 2.05) is 26.0 Å². The Hall–Kier alpha value is -2.67. The van der Waals surface area contributed by atoms with Crippen molar-refractivity contribution < 1.29 is 14.6 Å². The van der Waals surface area contributed by atoms with Gasteiger partial charge >= 0.3 is 0 Å². The molecule has 0 spiro atoms. The molecule has 7 nitrogen and oxygen atoms in total. The SMILES string of the molecule is CCC(C)C(CO)NC(=O)Cn1nc(-c2ccc(OC)cc2)ccc1=O. The number of methoxy groups -OCH3 is 1. The summed E-state index contributed by atoms with van der Waals surface area (Å²) in [7, 11) is 1.59. The molecule has 0 radical (unpaired) electrons. The van der Waals surface area contributed by atoms with Gasteiger partial charge in [-0.1, -0.05) is 20.3 Å². The Morgan fingerprint density at radius 1 is 1.27 bits per heavy atom. The summed E-state index contributed by atoms with van der Waals surface area (Å²) in [5, 5.41) is 16.5. The van der Waals surface area contributed by atoms with Crippen LogP contribution in [-0.2, 0) is 11.3 Å². The van der Waals surface area contributed by atoms with Gasteiger partial charge in [-0.05, 0) is 36.2 Å². The first-order valence-electron chi connectivity index (χ1n) is 8.61. The van der Waals surface area contributed by atoms with Gasteiger partial charge in [0, 0.05) is 11.6 Å². The minimum absolute atomic E-state index is 0.138. The van der Waals surface area contributed by atoms with Gasteiger partial charge < -0.3 is 15.2 Å². The van der Waals surface area contributed by atoms with Gasteiger partial charge in [0.1, 0.15) is 12.3 Å². The van der Waals surface area contributed by atoms with Gasteiger partial charge in [0.15, 0.2) is 0 Å². The largest absolute Gasteiger partial charge is 0.497 e. The average Bonchev–Trinajstić information content (AvgIpc) is 2.67. The lowest BCUT2D eigenvalue weighted by Crippen LogP contribution is -2.44. The molecule has 2 N–H and O–H groups in total. The third kappa shape index (κ3) is 4.92. The van der Waals surface area contributed by atoms with E-state index in [9.17, 15) is 14.7 Å². The molecular formula is C19H25N3O4. The van der Waals surface area contributed by atoms with Crippen LogP contribution in [0.25, 0.3) is 11.3 Å². The van der Waals surface area contributed by atoms with Crippen molar-refractivity contribution in [2.24, 2.45) is 5.92 Å². The van der Waals surface area contributed by atoms with E-state index < -0.39 is 0 Å². The topological polar surface area (TPSA) is 93.5 Å². The number of hydrogen-bond acceptors (Lipinski definition) is 5. The number of aromatic nitrogens is 2. The van der Waals surface area contributed by atoms with E-state index in [1.54, 1.807) is 25.3 Å². The molecule has 1 aromatic heterocycles. The molecule has 0 saturated heterocycles. The molecule has 1 amide bonds. The highest BCUT2D eigenvalue weighted by molar-refractivity contribution is 5.76. The van der Waals surface area contributed by atoms with Crippen LogP contribution >= 0.6 is 0 Å². The third-order valence-corrected chi connectivity index (χ3v) is 4.42. The summed E-state index contributed by atoms with van der Waals surface area (Å²) in [6.45, 7) is 3.60. The molecule has 0 fully saturated rings. The summed E-state index contributed by atoms with van der Waals surface area (Å²) < 4.78 is 6.25. The molecule has 2 unspecified atom stereocenters. The van der Waals surface area contributed by atoms with E-state index in [0.29, 0.717) is 5.69 Å². The number of aliphatic hydroxyl groups is 1. The molecule has 26 heavy (non-hydrogen) atoms. The molecule has 140 valence electrons. The summed E-state index contributed by atoms with van der Waals surface area (Å²) in [5.41, 5.74) is 1.04. The minimum atomic E-state index is -0.360. The van der Waals surface area contributed by atoms with Gasteiger partial charge in [-0.3, -0.25) is 9.59 Å². The Morgan fingerprint density at radius 2 is 1.96 bits per heavy atom. The lowest BCUT2D eigenvalue weighted by Gasteiger charge is -2.22. The average molecular weight is 359 g/mol. The molecule has 1 heterocycles. The maximum absolute atomic E-state index is 12.2. The summed E-state index contributed by atoms with van der Waals surface area (Å²) in [6.07, 6.45) is 0.830. The summed E-state index contributed by atoms with van der Waals surface area (Å²) >= 11 is 0. The second-order valence-electron chi connectivity index (χ2n) is 6.19. The Balaban J connectivity index is 2.16. The molecular weight excluding hydrogens is 334 g/mol. The van der Waals surface area contributed by atoms with Crippen LogP contribution in [0.1, 0.15) is 20.3 Å². The fourth-order valence-corrected chi connectivity index (χ4v) is 2.52. The fraction of sp³-hybridized carbons (Fsp3) is 0.421. The lowest BCUT2D eigenvalue weighted by atomic mass is 10.00. The fourth-order valence-electron chi connectivity index (χ4n) is 2.52. The number of benzene rings is 1. The summed E-state index contributed by atoms with van der Waals surface area (Å²) in [4.78, 5) is 24.3. The van der Waals surface area contributed by atoms with Crippen LogP contribution in [0.15, 0.2) is 41.2 Å². The molecule has 7 heteroatoms. The van der Waals surface area contributed by atoms with E-state index >= 15 is 0 Å². The summed E-state index contributed by atoms with van der Waals surface area (Å²) in [6, 6.07) is 9.94. The van der Waals surface area contributed by atoms with E-state index in [4.69, 9.17) is 4.74 Å². The molecule has 0 aliphatic carbocycles. The standard InChI is InChI=1S/C19H25N3O4/c1-4-13(2)17(12-23)20-18(24)11-22-19(25)10-9-16(21-22)14-5-7-15(26-3)8-6-14/h5-10,13,17,23H,4,11-12H2,1-3H3,(H,20,24). The van der Waals surface area contributed by atoms with Crippen molar-refractivity contribution in [2.75, 3.05) is 13.7 Å². The van der Waals surface area contributed by atoms with E-state index in [0.717, 1.165) is 22.4 Å². The Labute approximate surface area is 152 Å². The monoisotopic (exact) mass is 359 g/mol.